The zero-order chi connectivity index (χ0) is 26.2. The van der Waals surface area contributed by atoms with Crippen molar-refractivity contribution >= 4 is 44.2 Å². The fourth-order valence-corrected chi connectivity index (χ4v) is 6.71. The molecule has 7 rings (SSSR count). The van der Waals surface area contributed by atoms with Crippen LogP contribution in [0.5, 0.6) is 0 Å². The van der Waals surface area contributed by atoms with E-state index in [9.17, 15) is 0 Å². The van der Waals surface area contributed by atoms with Crippen LogP contribution in [0.15, 0.2) is 97.1 Å². The number of hydrogen-bond acceptors (Lipinski definition) is 0. The second kappa shape index (κ2) is 8.22. The summed E-state index contributed by atoms with van der Waals surface area (Å²) in [5.41, 5.74) is 9.39. The maximum atomic E-state index is 6.54. The molecule has 38 heavy (non-hydrogen) atoms. The predicted octanol–water partition coefficient (Wildman–Crippen LogP) is 10.6. The van der Waals surface area contributed by atoms with E-state index in [1.54, 1.807) is 0 Å². The van der Waals surface area contributed by atoms with E-state index >= 15 is 0 Å². The van der Waals surface area contributed by atoms with E-state index in [-0.39, 0.29) is 10.8 Å². The maximum absolute atomic E-state index is 6.54. The van der Waals surface area contributed by atoms with Gasteiger partial charge in [0.25, 0.3) is 0 Å². The molecule has 0 amide bonds. The smallest absolute Gasteiger partial charge is 0.0555 e. The van der Waals surface area contributed by atoms with Gasteiger partial charge in [-0.05, 0) is 93.1 Å². The van der Waals surface area contributed by atoms with Crippen molar-refractivity contribution in [3.8, 4) is 16.8 Å². The van der Waals surface area contributed by atoms with Gasteiger partial charge >= 0.3 is 0 Å². The van der Waals surface area contributed by atoms with Gasteiger partial charge < -0.3 is 4.57 Å². The van der Waals surface area contributed by atoms with Crippen LogP contribution < -0.4 is 0 Å². The lowest BCUT2D eigenvalue weighted by atomic mass is 9.63. The van der Waals surface area contributed by atoms with Crippen molar-refractivity contribution in [1.82, 2.24) is 4.57 Å². The molecule has 1 nitrogen and oxygen atoms in total. The molecule has 0 radical (unpaired) electrons. The molecule has 0 N–H and O–H groups in total. The molecule has 0 aliphatic heterocycles. The Morgan fingerprint density at radius 2 is 1.26 bits per heavy atom. The summed E-state index contributed by atoms with van der Waals surface area (Å²) < 4.78 is 2.37. The van der Waals surface area contributed by atoms with Gasteiger partial charge in [0.2, 0.25) is 0 Å². The summed E-state index contributed by atoms with van der Waals surface area (Å²) in [5.74, 6) is 0. The first kappa shape index (κ1) is 23.6. The first-order chi connectivity index (χ1) is 18.2. The van der Waals surface area contributed by atoms with Gasteiger partial charge in [-0.15, -0.1) is 0 Å². The Morgan fingerprint density at radius 3 is 2.05 bits per heavy atom. The molecule has 0 unspecified atom stereocenters. The molecule has 6 aromatic rings. The monoisotopic (exact) mass is 513 g/mol. The van der Waals surface area contributed by atoms with Gasteiger partial charge in [0.1, 0.15) is 0 Å². The average Bonchev–Trinajstić information content (AvgIpc) is 3.22. The lowest BCUT2D eigenvalue weighted by Crippen LogP contribution is -2.33. The molecule has 0 saturated heterocycles. The van der Waals surface area contributed by atoms with E-state index in [4.69, 9.17) is 11.6 Å². The first-order valence-electron chi connectivity index (χ1n) is 13.6. The number of benzene rings is 5. The van der Waals surface area contributed by atoms with Gasteiger partial charge in [-0.2, -0.15) is 0 Å². The predicted molar refractivity (Wildman–Crippen MR) is 164 cm³/mol. The molecule has 1 aliphatic rings. The quantitative estimate of drug-likeness (QED) is 0.217. The van der Waals surface area contributed by atoms with E-state index in [1.165, 1.54) is 62.2 Å². The standard InChI is InChI=1S/C36H32ClN/c1-35(2)16-17-36(3,4)32-20-26(12-15-31(32)35)23-10-7-11-28(18-23)38-33-21-25-9-6-5-8-24(25)19-30(33)29-14-13-27(37)22-34(29)38/h5-15,18-22H,16-17H2,1-4H3. The van der Waals surface area contributed by atoms with E-state index < -0.39 is 0 Å². The third-order valence-corrected chi connectivity index (χ3v) is 9.12. The number of nitrogens with zero attached hydrogens (tertiary/aromatic N) is 1. The Kier molecular flexibility index (Phi) is 5.10. The van der Waals surface area contributed by atoms with E-state index in [1.807, 2.05) is 6.07 Å². The van der Waals surface area contributed by atoms with Crippen LogP contribution in [0.1, 0.15) is 51.7 Å². The Morgan fingerprint density at radius 1 is 0.579 bits per heavy atom. The van der Waals surface area contributed by atoms with Crippen molar-refractivity contribution in [3.05, 3.63) is 113 Å². The molecule has 2 heteroatoms. The van der Waals surface area contributed by atoms with Crippen molar-refractivity contribution in [2.24, 2.45) is 0 Å². The maximum Gasteiger partial charge on any atom is 0.0555 e. The normalized spacial score (nSPS) is 16.2. The summed E-state index contributed by atoms with van der Waals surface area (Å²) in [6.07, 6.45) is 2.44. The minimum Gasteiger partial charge on any atom is -0.309 e. The second-order valence-electron chi connectivity index (χ2n) is 12.3. The van der Waals surface area contributed by atoms with Gasteiger partial charge in [-0.1, -0.05) is 100.0 Å². The van der Waals surface area contributed by atoms with Crippen LogP contribution in [0, 0.1) is 0 Å². The summed E-state index contributed by atoms with van der Waals surface area (Å²) in [5, 5.41) is 5.71. The Bertz CT molecular complexity index is 1890. The van der Waals surface area contributed by atoms with Crippen LogP contribution in [0.25, 0.3) is 49.4 Å². The van der Waals surface area contributed by atoms with E-state index in [2.05, 4.69) is 123 Å². The summed E-state index contributed by atoms with van der Waals surface area (Å²) in [6, 6.07) is 35.6. The lowest BCUT2D eigenvalue weighted by molar-refractivity contribution is 0.332. The largest absolute Gasteiger partial charge is 0.309 e. The zero-order valence-electron chi connectivity index (χ0n) is 22.5. The average molecular weight is 514 g/mol. The minimum absolute atomic E-state index is 0.184. The van der Waals surface area contributed by atoms with Crippen LogP contribution in [0.4, 0.5) is 0 Å². The van der Waals surface area contributed by atoms with Crippen molar-refractivity contribution in [2.45, 2.75) is 51.4 Å². The van der Waals surface area contributed by atoms with Crippen molar-refractivity contribution in [3.63, 3.8) is 0 Å². The molecule has 0 fully saturated rings. The highest BCUT2D eigenvalue weighted by Crippen LogP contribution is 2.47. The third-order valence-electron chi connectivity index (χ3n) is 8.89. The number of fused-ring (bicyclic) bond motifs is 5. The second-order valence-corrected chi connectivity index (χ2v) is 12.7. The van der Waals surface area contributed by atoms with Crippen LogP contribution in [0.3, 0.4) is 0 Å². The highest BCUT2D eigenvalue weighted by atomic mass is 35.5. The topological polar surface area (TPSA) is 4.93 Å². The highest BCUT2D eigenvalue weighted by molar-refractivity contribution is 6.31. The number of rotatable bonds is 2. The molecule has 188 valence electrons. The van der Waals surface area contributed by atoms with Crippen molar-refractivity contribution in [1.29, 1.82) is 0 Å². The number of aromatic nitrogens is 1. The molecular weight excluding hydrogens is 482 g/mol. The van der Waals surface area contributed by atoms with Gasteiger partial charge in [-0.3, -0.25) is 0 Å². The molecule has 1 aromatic heterocycles. The van der Waals surface area contributed by atoms with Crippen molar-refractivity contribution < 1.29 is 0 Å². The van der Waals surface area contributed by atoms with Crippen LogP contribution in [-0.4, -0.2) is 4.57 Å². The highest BCUT2D eigenvalue weighted by Gasteiger charge is 2.37. The molecule has 0 bridgehead atoms. The zero-order valence-corrected chi connectivity index (χ0v) is 23.2. The lowest BCUT2D eigenvalue weighted by Gasteiger charge is -2.42. The molecule has 0 saturated carbocycles. The molecule has 5 aromatic carbocycles. The summed E-state index contributed by atoms with van der Waals surface area (Å²) in [7, 11) is 0. The van der Waals surface area contributed by atoms with Gasteiger partial charge in [-0.25, -0.2) is 0 Å². The number of halogens is 1. The van der Waals surface area contributed by atoms with Crippen LogP contribution in [0.2, 0.25) is 5.02 Å². The SMILES string of the molecule is CC1(C)CCC(C)(C)c2cc(-c3cccc(-n4c5cc(Cl)ccc5c5cc6ccccc6cc54)c3)ccc21. The Labute approximate surface area is 229 Å². The van der Waals surface area contributed by atoms with Crippen molar-refractivity contribution in [2.75, 3.05) is 0 Å². The van der Waals surface area contributed by atoms with Gasteiger partial charge in [0.05, 0.1) is 11.0 Å². The van der Waals surface area contributed by atoms with E-state index in [0.29, 0.717) is 0 Å². The van der Waals surface area contributed by atoms with E-state index in [0.717, 1.165) is 16.2 Å². The first-order valence-corrected chi connectivity index (χ1v) is 14.0. The summed E-state index contributed by atoms with van der Waals surface area (Å²) >= 11 is 6.54. The Balaban J connectivity index is 1.46. The fourth-order valence-electron chi connectivity index (χ4n) is 6.55. The van der Waals surface area contributed by atoms with Gasteiger partial charge in [0.15, 0.2) is 0 Å². The molecule has 0 atom stereocenters. The molecular formula is C36H32ClN. The molecule has 1 aliphatic carbocycles. The molecule has 1 heterocycles. The minimum atomic E-state index is 0.184. The number of hydrogen-bond donors (Lipinski definition) is 0. The summed E-state index contributed by atoms with van der Waals surface area (Å²) in [6.45, 7) is 9.57. The van der Waals surface area contributed by atoms with Gasteiger partial charge in [0, 0.05) is 21.5 Å². The summed E-state index contributed by atoms with van der Waals surface area (Å²) in [4.78, 5) is 0. The Hall–Kier alpha value is -3.55. The fraction of sp³-hybridized carbons (Fsp3) is 0.222. The molecule has 0 spiro atoms. The van der Waals surface area contributed by atoms with Crippen LogP contribution in [-0.2, 0) is 10.8 Å². The van der Waals surface area contributed by atoms with Crippen LogP contribution >= 0.6 is 11.6 Å². The third kappa shape index (κ3) is 3.60.